The highest BCUT2D eigenvalue weighted by Crippen LogP contribution is 2.34. The molecule has 0 spiro atoms. The van der Waals surface area contributed by atoms with E-state index in [4.69, 9.17) is 0 Å². The Morgan fingerprint density at radius 2 is 2.15 bits per heavy atom. The van der Waals surface area contributed by atoms with E-state index in [1.165, 1.54) is 6.07 Å². The van der Waals surface area contributed by atoms with Gasteiger partial charge in [0.2, 0.25) is 0 Å². The van der Waals surface area contributed by atoms with Crippen LogP contribution in [-0.2, 0) is 10.8 Å². The lowest BCUT2D eigenvalue weighted by Crippen LogP contribution is -2.36. The number of hydrogen-bond donors (Lipinski definition) is 1. The van der Waals surface area contributed by atoms with Gasteiger partial charge in [-0.15, -0.1) is 0 Å². The SMILES string of the molecule is CCCNC(CS(=O)c1ccccc1[N+](=O)[O-])C1CC1. The van der Waals surface area contributed by atoms with Gasteiger partial charge in [-0.1, -0.05) is 19.1 Å². The van der Waals surface area contributed by atoms with Gasteiger partial charge >= 0.3 is 0 Å². The van der Waals surface area contributed by atoms with Gasteiger partial charge in [0.1, 0.15) is 4.90 Å². The summed E-state index contributed by atoms with van der Waals surface area (Å²) in [5.74, 6) is 1.03. The monoisotopic (exact) mass is 296 g/mol. The molecule has 1 fully saturated rings. The Bertz CT molecular complexity index is 503. The van der Waals surface area contributed by atoms with Crippen molar-refractivity contribution in [2.75, 3.05) is 12.3 Å². The summed E-state index contributed by atoms with van der Waals surface area (Å²) in [6.07, 6.45) is 3.35. The van der Waals surface area contributed by atoms with Crippen molar-refractivity contribution in [2.45, 2.75) is 37.1 Å². The molecule has 6 heteroatoms. The van der Waals surface area contributed by atoms with E-state index in [1.807, 2.05) is 0 Å². The maximum absolute atomic E-state index is 12.4. The van der Waals surface area contributed by atoms with Crippen molar-refractivity contribution in [1.29, 1.82) is 0 Å². The molecular formula is C14H20N2O3S. The van der Waals surface area contributed by atoms with Gasteiger partial charge in [-0.25, -0.2) is 0 Å². The first kappa shape index (κ1) is 15.1. The van der Waals surface area contributed by atoms with Gasteiger partial charge < -0.3 is 5.32 Å². The number of nitrogens with zero attached hydrogens (tertiary/aromatic N) is 1. The summed E-state index contributed by atoms with van der Waals surface area (Å²) in [6, 6.07) is 6.52. The first-order valence-corrected chi connectivity index (χ1v) is 8.30. The molecule has 0 aliphatic heterocycles. The van der Waals surface area contributed by atoms with E-state index < -0.39 is 15.7 Å². The number of rotatable bonds is 8. The largest absolute Gasteiger partial charge is 0.313 e. The first-order chi connectivity index (χ1) is 9.63. The first-order valence-electron chi connectivity index (χ1n) is 6.98. The second kappa shape index (κ2) is 6.95. The van der Waals surface area contributed by atoms with Gasteiger partial charge in [0.05, 0.1) is 15.7 Å². The molecule has 1 aliphatic rings. The van der Waals surface area contributed by atoms with Crippen LogP contribution in [0.5, 0.6) is 0 Å². The summed E-state index contributed by atoms with van der Waals surface area (Å²) in [5, 5.41) is 14.4. The highest BCUT2D eigenvalue weighted by molar-refractivity contribution is 7.85. The molecule has 2 atom stereocenters. The molecule has 1 aromatic rings. The van der Waals surface area contributed by atoms with E-state index in [9.17, 15) is 14.3 Å². The average molecular weight is 296 g/mol. The third-order valence-corrected chi connectivity index (χ3v) is 4.98. The van der Waals surface area contributed by atoms with Crippen molar-refractivity contribution in [3.63, 3.8) is 0 Å². The smallest absolute Gasteiger partial charge is 0.285 e. The molecule has 0 amide bonds. The fourth-order valence-corrected chi connectivity index (χ4v) is 3.75. The lowest BCUT2D eigenvalue weighted by atomic mass is 10.2. The molecule has 0 radical (unpaired) electrons. The van der Waals surface area contributed by atoms with Crippen LogP contribution < -0.4 is 5.32 Å². The van der Waals surface area contributed by atoms with Crippen molar-refractivity contribution >= 4 is 16.5 Å². The van der Waals surface area contributed by atoms with E-state index >= 15 is 0 Å². The van der Waals surface area contributed by atoms with Crippen molar-refractivity contribution in [3.8, 4) is 0 Å². The number of nitro groups is 1. The van der Waals surface area contributed by atoms with Crippen molar-refractivity contribution in [3.05, 3.63) is 34.4 Å². The molecule has 1 aromatic carbocycles. The molecule has 0 aromatic heterocycles. The van der Waals surface area contributed by atoms with Gasteiger partial charge in [-0.3, -0.25) is 14.3 Å². The van der Waals surface area contributed by atoms with E-state index in [0.29, 0.717) is 16.6 Å². The minimum atomic E-state index is -1.33. The van der Waals surface area contributed by atoms with Crippen LogP contribution in [0.25, 0.3) is 0 Å². The third-order valence-electron chi connectivity index (χ3n) is 3.49. The van der Waals surface area contributed by atoms with Gasteiger partial charge in [0, 0.05) is 17.9 Å². The molecule has 1 saturated carbocycles. The van der Waals surface area contributed by atoms with Crippen LogP contribution in [0.2, 0.25) is 0 Å². The zero-order valence-electron chi connectivity index (χ0n) is 11.6. The van der Waals surface area contributed by atoms with Crippen LogP contribution in [0.15, 0.2) is 29.2 Å². The van der Waals surface area contributed by atoms with Crippen molar-refractivity contribution in [2.24, 2.45) is 5.92 Å². The summed E-state index contributed by atoms with van der Waals surface area (Å²) in [4.78, 5) is 10.9. The van der Waals surface area contributed by atoms with E-state index in [-0.39, 0.29) is 11.7 Å². The maximum atomic E-state index is 12.4. The van der Waals surface area contributed by atoms with Gasteiger partial charge in [-0.2, -0.15) is 0 Å². The number of hydrogen-bond acceptors (Lipinski definition) is 4. The predicted molar refractivity (Wildman–Crippen MR) is 79.2 cm³/mol. The maximum Gasteiger partial charge on any atom is 0.285 e. The molecule has 20 heavy (non-hydrogen) atoms. The lowest BCUT2D eigenvalue weighted by molar-refractivity contribution is -0.387. The van der Waals surface area contributed by atoms with Gasteiger partial charge in [0.25, 0.3) is 5.69 Å². The number of para-hydroxylation sites is 1. The predicted octanol–water partition coefficient (Wildman–Crippen LogP) is 2.48. The zero-order valence-corrected chi connectivity index (χ0v) is 12.4. The highest BCUT2D eigenvalue weighted by Gasteiger charge is 2.33. The Labute approximate surface area is 121 Å². The Morgan fingerprint density at radius 3 is 2.75 bits per heavy atom. The topological polar surface area (TPSA) is 72.2 Å². The van der Waals surface area contributed by atoms with Gasteiger partial charge in [-0.05, 0) is 37.8 Å². The minimum Gasteiger partial charge on any atom is -0.313 e. The summed E-state index contributed by atoms with van der Waals surface area (Å²) in [6.45, 7) is 2.99. The lowest BCUT2D eigenvalue weighted by Gasteiger charge is -2.17. The molecular weight excluding hydrogens is 276 g/mol. The second-order valence-corrected chi connectivity index (χ2v) is 6.60. The summed E-state index contributed by atoms with van der Waals surface area (Å²) < 4.78 is 12.4. The third kappa shape index (κ3) is 3.86. The molecule has 0 heterocycles. The Morgan fingerprint density at radius 1 is 1.45 bits per heavy atom. The Hall–Kier alpha value is -1.27. The number of nitrogens with one attached hydrogen (secondary N) is 1. The quantitative estimate of drug-likeness (QED) is 0.591. The van der Waals surface area contributed by atoms with Crippen molar-refractivity contribution < 1.29 is 9.13 Å². The van der Waals surface area contributed by atoms with E-state index in [1.54, 1.807) is 18.2 Å². The zero-order chi connectivity index (χ0) is 14.5. The molecule has 2 rings (SSSR count). The fraction of sp³-hybridized carbons (Fsp3) is 0.571. The highest BCUT2D eigenvalue weighted by atomic mass is 32.2. The number of nitro benzene ring substituents is 1. The molecule has 1 N–H and O–H groups in total. The standard InChI is InChI=1S/C14H20N2O3S/c1-2-9-15-12(11-7-8-11)10-20(19)14-6-4-3-5-13(14)16(17)18/h3-6,11-12,15H,2,7-10H2,1H3. The summed E-state index contributed by atoms with van der Waals surface area (Å²) >= 11 is 0. The summed E-state index contributed by atoms with van der Waals surface area (Å²) in [7, 11) is -1.33. The van der Waals surface area contributed by atoms with E-state index in [0.717, 1.165) is 25.8 Å². The van der Waals surface area contributed by atoms with Crippen LogP contribution in [-0.4, -0.2) is 27.5 Å². The normalized spacial score (nSPS) is 17.6. The molecule has 0 saturated heterocycles. The Balaban J connectivity index is 2.08. The summed E-state index contributed by atoms with van der Waals surface area (Å²) in [5.41, 5.74) is -0.0455. The molecule has 1 aliphatic carbocycles. The fourth-order valence-electron chi connectivity index (χ4n) is 2.24. The van der Waals surface area contributed by atoms with Crippen LogP contribution in [0.1, 0.15) is 26.2 Å². The van der Waals surface area contributed by atoms with Crippen LogP contribution in [0, 0.1) is 16.0 Å². The number of benzene rings is 1. The molecule has 2 unspecified atom stereocenters. The second-order valence-electron chi connectivity index (χ2n) is 5.14. The minimum absolute atomic E-state index is 0.0455. The van der Waals surface area contributed by atoms with Crippen LogP contribution >= 0.6 is 0 Å². The van der Waals surface area contributed by atoms with Crippen molar-refractivity contribution in [1.82, 2.24) is 5.32 Å². The molecule has 5 nitrogen and oxygen atoms in total. The molecule has 110 valence electrons. The van der Waals surface area contributed by atoms with Crippen LogP contribution in [0.3, 0.4) is 0 Å². The average Bonchev–Trinajstić information content (AvgIpc) is 3.27. The van der Waals surface area contributed by atoms with Gasteiger partial charge in [0.15, 0.2) is 0 Å². The molecule has 0 bridgehead atoms. The van der Waals surface area contributed by atoms with E-state index in [2.05, 4.69) is 12.2 Å². The Kier molecular flexibility index (Phi) is 5.25. The van der Waals surface area contributed by atoms with Crippen LogP contribution in [0.4, 0.5) is 5.69 Å².